The summed E-state index contributed by atoms with van der Waals surface area (Å²) in [5.41, 5.74) is 3.21. The fourth-order valence-electron chi connectivity index (χ4n) is 2.96. The maximum atomic E-state index is 11.8. The van der Waals surface area contributed by atoms with E-state index in [-0.39, 0.29) is 6.04 Å². The summed E-state index contributed by atoms with van der Waals surface area (Å²) in [5, 5.41) is 4.23. The Labute approximate surface area is 174 Å². The fourth-order valence-corrected chi connectivity index (χ4v) is 3.93. The zero-order chi connectivity index (χ0) is 19.8. The molecule has 0 radical (unpaired) electrons. The SMILES string of the molecule is C[S@@](=O)C[C@@H](NCc1cccc(OCc2ccccc2Cl)c1)c1ccccc1. The normalized spacial score (nSPS) is 13.1. The summed E-state index contributed by atoms with van der Waals surface area (Å²) in [6, 6.07) is 25.9. The Kier molecular flexibility index (Phi) is 7.66. The molecular formula is C23H24ClNO2S. The van der Waals surface area contributed by atoms with Crippen molar-refractivity contribution in [2.24, 2.45) is 0 Å². The first-order valence-electron chi connectivity index (χ1n) is 9.15. The standard InChI is InChI=1S/C23H24ClNO2S/c1-28(26)17-23(19-9-3-2-4-10-19)25-15-18-8-7-12-21(14-18)27-16-20-11-5-6-13-22(20)24/h2-14,23,25H,15-17H2,1H3/t23-,28-/m1/s1. The van der Waals surface area contributed by atoms with Gasteiger partial charge in [0.05, 0.1) is 0 Å². The zero-order valence-electron chi connectivity index (χ0n) is 15.8. The van der Waals surface area contributed by atoms with Gasteiger partial charge in [0, 0.05) is 46.0 Å². The molecule has 0 heterocycles. The number of nitrogens with one attached hydrogen (secondary N) is 1. The lowest BCUT2D eigenvalue weighted by molar-refractivity contribution is 0.306. The van der Waals surface area contributed by atoms with E-state index in [1.165, 1.54) is 0 Å². The van der Waals surface area contributed by atoms with Crippen molar-refractivity contribution in [3.05, 3.63) is 101 Å². The van der Waals surface area contributed by atoms with Gasteiger partial charge < -0.3 is 10.1 Å². The van der Waals surface area contributed by atoms with Gasteiger partial charge in [-0.05, 0) is 29.3 Å². The first kappa shape index (κ1) is 20.6. The summed E-state index contributed by atoms with van der Waals surface area (Å²) in [4.78, 5) is 0. The van der Waals surface area contributed by atoms with Crippen LogP contribution >= 0.6 is 11.6 Å². The van der Waals surface area contributed by atoms with E-state index in [1.54, 1.807) is 6.26 Å². The van der Waals surface area contributed by atoms with Crippen LogP contribution in [0.5, 0.6) is 5.75 Å². The topological polar surface area (TPSA) is 38.3 Å². The molecule has 3 nitrogen and oxygen atoms in total. The maximum absolute atomic E-state index is 11.8. The van der Waals surface area contributed by atoms with E-state index in [1.807, 2.05) is 60.7 Å². The van der Waals surface area contributed by atoms with Crippen molar-refractivity contribution >= 4 is 22.4 Å². The third-order valence-corrected chi connectivity index (χ3v) is 5.58. The molecule has 3 aromatic carbocycles. The van der Waals surface area contributed by atoms with Crippen molar-refractivity contribution in [2.75, 3.05) is 12.0 Å². The van der Waals surface area contributed by atoms with Gasteiger partial charge >= 0.3 is 0 Å². The Morgan fingerprint density at radius 1 is 1.00 bits per heavy atom. The van der Waals surface area contributed by atoms with Crippen LogP contribution in [0, 0.1) is 0 Å². The molecule has 0 fully saturated rings. The van der Waals surface area contributed by atoms with Crippen molar-refractivity contribution in [1.29, 1.82) is 0 Å². The van der Waals surface area contributed by atoms with E-state index in [0.717, 1.165) is 22.4 Å². The van der Waals surface area contributed by atoms with Crippen LogP contribution in [-0.4, -0.2) is 16.2 Å². The van der Waals surface area contributed by atoms with Crippen molar-refractivity contribution in [1.82, 2.24) is 5.32 Å². The highest BCUT2D eigenvalue weighted by Gasteiger charge is 2.12. The van der Waals surface area contributed by atoms with E-state index in [9.17, 15) is 4.21 Å². The number of halogens is 1. The Morgan fingerprint density at radius 2 is 1.75 bits per heavy atom. The number of hydrogen-bond acceptors (Lipinski definition) is 3. The third kappa shape index (κ3) is 6.20. The minimum Gasteiger partial charge on any atom is -0.489 e. The number of ether oxygens (including phenoxy) is 1. The molecular weight excluding hydrogens is 390 g/mol. The Balaban J connectivity index is 1.63. The highest BCUT2D eigenvalue weighted by atomic mass is 35.5. The molecule has 0 aromatic heterocycles. The number of hydrogen-bond donors (Lipinski definition) is 1. The molecule has 3 aromatic rings. The van der Waals surface area contributed by atoms with Gasteiger partial charge in [0.25, 0.3) is 0 Å². The predicted molar refractivity (Wildman–Crippen MR) is 117 cm³/mol. The van der Waals surface area contributed by atoms with Crippen molar-refractivity contribution < 1.29 is 8.95 Å². The van der Waals surface area contributed by atoms with Crippen molar-refractivity contribution in [3.8, 4) is 5.75 Å². The van der Waals surface area contributed by atoms with E-state index in [2.05, 4.69) is 23.5 Å². The van der Waals surface area contributed by atoms with Crippen LogP contribution < -0.4 is 10.1 Å². The summed E-state index contributed by atoms with van der Waals surface area (Å²) in [5.74, 6) is 1.38. The molecule has 0 spiro atoms. The minimum atomic E-state index is -0.885. The van der Waals surface area contributed by atoms with Gasteiger partial charge in [-0.3, -0.25) is 4.21 Å². The predicted octanol–water partition coefficient (Wildman–Crippen LogP) is 5.13. The molecule has 0 saturated carbocycles. The number of rotatable bonds is 9. The highest BCUT2D eigenvalue weighted by molar-refractivity contribution is 7.84. The lowest BCUT2D eigenvalue weighted by Gasteiger charge is -2.18. The zero-order valence-corrected chi connectivity index (χ0v) is 17.4. The van der Waals surface area contributed by atoms with Crippen LogP contribution in [0.25, 0.3) is 0 Å². The average molecular weight is 414 g/mol. The summed E-state index contributed by atoms with van der Waals surface area (Å²) >= 11 is 6.19. The summed E-state index contributed by atoms with van der Waals surface area (Å²) in [6.07, 6.45) is 1.74. The van der Waals surface area contributed by atoms with E-state index < -0.39 is 10.8 Å². The van der Waals surface area contributed by atoms with E-state index >= 15 is 0 Å². The maximum Gasteiger partial charge on any atom is 0.120 e. The molecule has 0 aliphatic heterocycles. The molecule has 0 saturated heterocycles. The molecule has 0 aliphatic carbocycles. The Bertz CT molecular complexity index is 917. The molecule has 3 rings (SSSR count). The molecule has 146 valence electrons. The Hall–Kier alpha value is -2.14. The monoisotopic (exact) mass is 413 g/mol. The third-order valence-electron chi connectivity index (χ3n) is 4.41. The molecule has 0 bridgehead atoms. The van der Waals surface area contributed by atoms with E-state index in [4.69, 9.17) is 16.3 Å². The molecule has 2 atom stereocenters. The van der Waals surface area contributed by atoms with Gasteiger partial charge in [-0.2, -0.15) is 0 Å². The van der Waals surface area contributed by atoms with Gasteiger partial charge in [-0.25, -0.2) is 0 Å². The van der Waals surface area contributed by atoms with Crippen LogP contribution in [0.15, 0.2) is 78.9 Å². The van der Waals surface area contributed by atoms with Crippen LogP contribution in [-0.2, 0) is 24.0 Å². The van der Waals surface area contributed by atoms with Gasteiger partial charge in [0.1, 0.15) is 12.4 Å². The molecule has 5 heteroatoms. The molecule has 0 unspecified atom stereocenters. The number of benzene rings is 3. The highest BCUT2D eigenvalue weighted by Crippen LogP contribution is 2.20. The van der Waals surface area contributed by atoms with Crippen LogP contribution in [0.3, 0.4) is 0 Å². The van der Waals surface area contributed by atoms with Gasteiger partial charge in [-0.1, -0.05) is 72.3 Å². The first-order chi connectivity index (χ1) is 13.6. The molecule has 1 N–H and O–H groups in total. The minimum absolute atomic E-state index is 0.0414. The van der Waals surface area contributed by atoms with Gasteiger partial charge in [0.15, 0.2) is 0 Å². The van der Waals surface area contributed by atoms with E-state index in [0.29, 0.717) is 23.9 Å². The summed E-state index contributed by atoms with van der Waals surface area (Å²) in [7, 11) is -0.885. The smallest absolute Gasteiger partial charge is 0.120 e. The summed E-state index contributed by atoms with van der Waals surface area (Å²) < 4.78 is 17.7. The molecule has 28 heavy (non-hydrogen) atoms. The molecule has 0 amide bonds. The van der Waals surface area contributed by atoms with Gasteiger partial charge in [-0.15, -0.1) is 0 Å². The molecule has 0 aliphatic rings. The summed E-state index contributed by atoms with van der Waals surface area (Å²) in [6.45, 7) is 1.10. The van der Waals surface area contributed by atoms with Gasteiger partial charge in [0.2, 0.25) is 0 Å². The van der Waals surface area contributed by atoms with Crippen molar-refractivity contribution in [3.63, 3.8) is 0 Å². The second kappa shape index (κ2) is 10.4. The fraction of sp³-hybridized carbons (Fsp3) is 0.217. The average Bonchev–Trinajstić information content (AvgIpc) is 2.71. The lowest BCUT2D eigenvalue weighted by atomic mass is 10.1. The van der Waals surface area contributed by atoms with Crippen molar-refractivity contribution in [2.45, 2.75) is 19.2 Å². The quantitative estimate of drug-likeness (QED) is 0.528. The lowest BCUT2D eigenvalue weighted by Crippen LogP contribution is -2.25. The largest absolute Gasteiger partial charge is 0.489 e. The second-order valence-corrected chi connectivity index (χ2v) is 8.50. The van der Waals surface area contributed by atoms with Crippen LogP contribution in [0.2, 0.25) is 5.02 Å². The first-order valence-corrected chi connectivity index (χ1v) is 11.3. The second-order valence-electron chi connectivity index (χ2n) is 6.61. The van der Waals surface area contributed by atoms with Crippen LogP contribution in [0.1, 0.15) is 22.7 Å². The van der Waals surface area contributed by atoms with Crippen LogP contribution in [0.4, 0.5) is 0 Å². The Morgan fingerprint density at radius 3 is 2.50 bits per heavy atom.